The molecule has 10 heavy (non-hydrogen) atoms. The Hall–Kier alpha value is -0.160. The van der Waals surface area contributed by atoms with Gasteiger partial charge in [-0.2, -0.15) is 0 Å². The van der Waals surface area contributed by atoms with E-state index in [1.54, 1.807) is 6.92 Å². The van der Waals surface area contributed by atoms with Gasteiger partial charge in [-0.3, -0.25) is 0 Å². The van der Waals surface area contributed by atoms with Crippen LogP contribution >= 0.6 is 0 Å². The van der Waals surface area contributed by atoms with Crippen LogP contribution in [0.15, 0.2) is 0 Å². The summed E-state index contributed by atoms with van der Waals surface area (Å²) < 4.78 is 4.81. The monoisotopic (exact) mass is 148 g/mol. The van der Waals surface area contributed by atoms with Crippen LogP contribution in [0.1, 0.15) is 13.3 Å². The van der Waals surface area contributed by atoms with Gasteiger partial charge in [0.15, 0.2) is 6.29 Å². The van der Waals surface area contributed by atoms with Gasteiger partial charge in [-0.15, -0.1) is 0 Å². The quantitative estimate of drug-likeness (QED) is 0.405. The van der Waals surface area contributed by atoms with E-state index in [-0.39, 0.29) is 6.42 Å². The van der Waals surface area contributed by atoms with Crippen molar-refractivity contribution in [1.82, 2.24) is 0 Å². The van der Waals surface area contributed by atoms with Crippen molar-refractivity contribution in [2.75, 3.05) is 0 Å². The molecule has 4 atom stereocenters. The average Bonchev–Trinajstić information content (AvgIpc) is 1.82. The molecule has 4 nitrogen and oxygen atoms in total. The van der Waals surface area contributed by atoms with Gasteiger partial charge < -0.3 is 20.1 Å². The van der Waals surface area contributed by atoms with Crippen LogP contribution in [0.3, 0.4) is 0 Å². The minimum Gasteiger partial charge on any atom is -0.390 e. The summed E-state index contributed by atoms with van der Waals surface area (Å²) in [6.07, 6.45) is -3.07. The zero-order valence-corrected chi connectivity index (χ0v) is 5.77. The summed E-state index contributed by atoms with van der Waals surface area (Å²) in [6.45, 7) is 1.61. The lowest BCUT2D eigenvalue weighted by Crippen LogP contribution is -2.46. The highest BCUT2D eigenvalue weighted by molar-refractivity contribution is 4.78. The van der Waals surface area contributed by atoms with E-state index in [9.17, 15) is 0 Å². The number of rotatable bonds is 0. The Morgan fingerprint density at radius 3 is 2.40 bits per heavy atom. The minimum absolute atomic E-state index is 0.0888. The molecular weight excluding hydrogens is 136 g/mol. The minimum atomic E-state index is -0.937. The smallest absolute Gasteiger partial charge is 0.157 e. The Morgan fingerprint density at radius 2 is 1.90 bits per heavy atom. The first-order valence-corrected chi connectivity index (χ1v) is 3.31. The van der Waals surface area contributed by atoms with E-state index in [1.165, 1.54) is 0 Å². The first-order valence-electron chi connectivity index (χ1n) is 3.31. The molecule has 0 spiro atoms. The van der Waals surface area contributed by atoms with E-state index in [0.29, 0.717) is 0 Å². The standard InChI is InChI=1S/C6H12O4/c1-3-6(9)4(7)2-5(8)10-3/h3-9H,2H2,1H3/t3?,4-,5-,6-/m1/s1. The predicted octanol–water partition coefficient (Wildman–Crippen LogP) is -1.16. The Kier molecular flexibility index (Phi) is 2.25. The van der Waals surface area contributed by atoms with Gasteiger partial charge >= 0.3 is 0 Å². The molecule has 1 aliphatic rings. The first kappa shape index (κ1) is 7.94. The predicted molar refractivity (Wildman–Crippen MR) is 33.2 cm³/mol. The lowest BCUT2D eigenvalue weighted by Gasteiger charge is -2.32. The van der Waals surface area contributed by atoms with Crippen LogP contribution in [0.5, 0.6) is 0 Å². The summed E-state index contributed by atoms with van der Waals surface area (Å²) >= 11 is 0. The van der Waals surface area contributed by atoms with Gasteiger partial charge in [0.25, 0.3) is 0 Å². The van der Waals surface area contributed by atoms with Crippen molar-refractivity contribution in [3.8, 4) is 0 Å². The molecule has 0 saturated carbocycles. The Labute approximate surface area is 59.1 Å². The van der Waals surface area contributed by atoms with E-state index >= 15 is 0 Å². The molecule has 0 aromatic rings. The highest BCUT2D eigenvalue weighted by Crippen LogP contribution is 2.17. The number of hydrogen-bond donors (Lipinski definition) is 3. The summed E-state index contributed by atoms with van der Waals surface area (Å²) in [5.74, 6) is 0. The van der Waals surface area contributed by atoms with Crippen molar-refractivity contribution >= 4 is 0 Å². The third-order valence-corrected chi connectivity index (χ3v) is 1.69. The highest BCUT2D eigenvalue weighted by atomic mass is 16.6. The van der Waals surface area contributed by atoms with Crippen molar-refractivity contribution < 1.29 is 20.1 Å². The van der Waals surface area contributed by atoms with Crippen LogP contribution in [-0.4, -0.2) is 39.9 Å². The average molecular weight is 148 g/mol. The summed E-state index contributed by atoms with van der Waals surface area (Å²) in [5, 5.41) is 27.0. The number of aliphatic hydroxyl groups excluding tert-OH is 3. The number of aliphatic hydroxyl groups is 3. The van der Waals surface area contributed by atoms with Crippen molar-refractivity contribution in [3.05, 3.63) is 0 Å². The second-order valence-corrected chi connectivity index (χ2v) is 2.59. The van der Waals surface area contributed by atoms with Gasteiger partial charge in [0.1, 0.15) is 6.10 Å². The number of hydrogen-bond acceptors (Lipinski definition) is 4. The maximum absolute atomic E-state index is 9.08. The maximum Gasteiger partial charge on any atom is 0.157 e. The molecule has 1 fully saturated rings. The zero-order chi connectivity index (χ0) is 7.72. The second-order valence-electron chi connectivity index (χ2n) is 2.59. The van der Waals surface area contributed by atoms with Gasteiger partial charge in [0, 0.05) is 6.42 Å². The fraction of sp³-hybridized carbons (Fsp3) is 1.00. The van der Waals surface area contributed by atoms with Gasteiger partial charge in [0.2, 0.25) is 0 Å². The third-order valence-electron chi connectivity index (χ3n) is 1.69. The van der Waals surface area contributed by atoms with Crippen LogP contribution in [0.2, 0.25) is 0 Å². The highest BCUT2D eigenvalue weighted by Gasteiger charge is 2.32. The number of ether oxygens (including phenoxy) is 1. The molecule has 0 aliphatic carbocycles. The topological polar surface area (TPSA) is 69.9 Å². The van der Waals surface area contributed by atoms with Crippen LogP contribution in [0.4, 0.5) is 0 Å². The van der Waals surface area contributed by atoms with Crippen molar-refractivity contribution in [3.63, 3.8) is 0 Å². The second kappa shape index (κ2) is 2.84. The first-order chi connectivity index (χ1) is 4.61. The molecule has 60 valence electrons. The largest absolute Gasteiger partial charge is 0.390 e. The summed E-state index contributed by atoms with van der Waals surface area (Å²) in [5.41, 5.74) is 0. The fourth-order valence-electron chi connectivity index (χ4n) is 1.04. The molecule has 0 bridgehead atoms. The molecule has 0 amide bonds. The van der Waals surface area contributed by atoms with Crippen molar-refractivity contribution in [2.45, 2.75) is 37.9 Å². The summed E-state index contributed by atoms with van der Waals surface area (Å²) in [6, 6.07) is 0. The molecule has 0 radical (unpaired) electrons. The molecule has 3 N–H and O–H groups in total. The lowest BCUT2D eigenvalue weighted by molar-refractivity contribution is -0.226. The normalized spacial score (nSPS) is 49.2. The summed E-state index contributed by atoms with van der Waals surface area (Å²) in [7, 11) is 0. The molecule has 1 heterocycles. The van der Waals surface area contributed by atoms with E-state index < -0.39 is 24.6 Å². The molecule has 1 rings (SSSR count). The van der Waals surface area contributed by atoms with Crippen molar-refractivity contribution in [2.24, 2.45) is 0 Å². The Balaban J connectivity index is 2.49. The lowest BCUT2D eigenvalue weighted by atomic mass is 10.0. The molecule has 4 heteroatoms. The van der Waals surface area contributed by atoms with Crippen LogP contribution < -0.4 is 0 Å². The molecule has 0 aromatic carbocycles. The van der Waals surface area contributed by atoms with Gasteiger partial charge in [0.05, 0.1) is 12.2 Å². The Bertz CT molecular complexity index is 104. The summed E-state index contributed by atoms with van der Waals surface area (Å²) in [4.78, 5) is 0. The molecule has 0 aromatic heterocycles. The SMILES string of the molecule is CC1O[C@@H](O)C[C@@H](O)[C@@H]1O. The zero-order valence-electron chi connectivity index (χ0n) is 5.77. The molecule has 1 aliphatic heterocycles. The van der Waals surface area contributed by atoms with Crippen LogP contribution in [0.25, 0.3) is 0 Å². The van der Waals surface area contributed by atoms with Crippen LogP contribution in [0, 0.1) is 0 Å². The van der Waals surface area contributed by atoms with Crippen LogP contribution in [-0.2, 0) is 4.74 Å². The molecule has 1 unspecified atom stereocenters. The maximum atomic E-state index is 9.08. The van der Waals surface area contributed by atoms with E-state index in [0.717, 1.165) is 0 Å². The van der Waals surface area contributed by atoms with Gasteiger partial charge in [-0.1, -0.05) is 0 Å². The molecule has 1 saturated heterocycles. The third kappa shape index (κ3) is 1.46. The van der Waals surface area contributed by atoms with E-state index in [2.05, 4.69) is 0 Å². The van der Waals surface area contributed by atoms with E-state index in [4.69, 9.17) is 20.1 Å². The molecular formula is C6H12O4. The van der Waals surface area contributed by atoms with Gasteiger partial charge in [-0.05, 0) is 6.92 Å². The Morgan fingerprint density at radius 1 is 1.30 bits per heavy atom. The van der Waals surface area contributed by atoms with Crippen molar-refractivity contribution in [1.29, 1.82) is 0 Å². The fourth-order valence-corrected chi connectivity index (χ4v) is 1.04. The van der Waals surface area contributed by atoms with Gasteiger partial charge in [-0.25, -0.2) is 0 Å². The van der Waals surface area contributed by atoms with E-state index in [1.807, 2.05) is 0 Å².